The molecule has 2 rings (SSSR count). The van der Waals surface area contributed by atoms with Crippen LogP contribution in [0, 0.1) is 6.92 Å². The molecule has 0 spiro atoms. The van der Waals surface area contributed by atoms with Crippen molar-refractivity contribution in [3.63, 3.8) is 0 Å². The molecular weight excluding hydrogens is 379 g/mol. The SMILES string of the molecule is Cc1ccc(C(=O)O)cc1C(=O)O.O=S(=O)(Cl)Cl.c1ccccc1. The highest BCUT2D eigenvalue weighted by Gasteiger charge is 2.10. The zero-order valence-electron chi connectivity index (χ0n) is 12.4. The largest absolute Gasteiger partial charge is 0.478 e. The van der Waals surface area contributed by atoms with Crippen molar-refractivity contribution in [2.24, 2.45) is 0 Å². The first kappa shape index (κ1) is 21.9. The van der Waals surface area contributed by atoms with Crippen LogP contribution in [0.5, 0.6) is 0 Å². The molecule has 0 saturated carbocycles. The van der Waals surface area contributed by atoms with Crippen molar-refractivity contribution in [1.82, 2.24) is 0 Å². The molecule has 130 valence electrons. The molecule has 2 aromatic rings. The third kappa shape index (κ3) is 11.5. The summed E-state index contributed by atoms with van der Waals surface area (Å²) in [5.74, 6) is -2.23. The Hall–Kier alpha value is -2.09. The van der Waals surface area contributed by atoms with Crippen molar-refractivity contribution in [1.29, 1.82) is 0 Å². The quantitative estimate of drug-likeness (QED) is 0.752. The molecule has 0 radical (unpaired) electrons. The number of benzene rings is 2. The monoisotopic (exact) mass is 392 g/mol. The number of aryl methyl sites for hydroxylation is 1. The summed E-state index contributed by atoms with van der Waals surface area (Å²) in [6.45, 7) is 1.62. The molecule has 0 bridgehead atoms. The number of carboxylic acid groups (broad SMARTS) is 2. The molecule has 0 heterocycles. The van der Waals surface area contributed by atoms with E-state index < -0.39 is 20.2 Å². The maximum absolute atomic E-state index is 10.6. The Balaban J connectivity index is 0.000000397. The van der Waals surface area contributed by atoms with Gasteiger partial charge in [-0.15, -0.1) is 0 Å². The third-order valence-corrected chi connectivity index (χ3v) is 2.38. The van der Waals surface area contributed by atoms with Crippen molar-refractivity contribution in [2.75, 3.05) is 0 Å². The van der Waals surface area contributed by atoms with E-state index in [4.69, 9.17) is 18.6 Å². The van der Waals surface area contributed by atoms with Crippen LogP contribution in [0.3, 0.4) is 0 Å². The van der Waals surface area contributed by atoms with E-state index in [0.29, 0.717) is 5.56 Å². The molecule has 6 nitrogen and oxygen atoms in total. The number of hydrogen-bond donors (Lipinski definition) is 2. The average Bonchev–Trinajstić information content (AvgIpc) is 2.48. The van der Waals surface area contributed by atoms with E-state index in [0.717, 1.165) is 6.07 Å². The summed E-state index contributed by atoms with van der Waals surface area (Å²) in [7, 11) is 4.81. The van der Waals surface area contributed by atoms with Gasteiger partial charge in [-0.2, -0.15) is 8.42 Å². The minimum atomic E-state index is -3.72. The lowest BCUT2D eigenvalue weighted by atomic mass is 10.1. The predicted molar refractivity (Wildman–Crippen MR) is 92.2 cm³/mol. The number of carboxylic acids is 2. The summed E-state index contributed by atoms with van der Waals surface area (Å²) in [5.41, 5.74) is 0.570. The highest BCUT2D eigenvalue weighted by atomic mass is 36.0. The fraction of sp³-hybridized carbons (Fsp3) is 0.0667. The fourth-order valence-corrected chi connectivity index (χ4v) is 1.37. The second-order valence-electron chi connectivity index (χ2n) is 4.17. The summed E-state index contributed by atoms with van der Waals surface area (Å²) in [6, 6.07) is 16.0. The molecule has 0 atom stereocenters. The van der Waals surface area contributed by atoms with Crippen molar-refractivity contribution in [3.8, 4) is 0 Å². The van der Waals surface area contributed by atoms with Gasteiger partial charge >= 0.3 is 20.2 Å². The molecule has 0 aromatic heterocycles. The van der Waals surface area contributed by atoms with Gasteiger partial charge in [0.15, 0.2) is 0 Å². The molecule has 0 fully saturated rings. The lowest BCUT2D eigenvalue weighted by molar-refractivity contribution is 0.0695. The van der Waals surface area contributed by atoms with Crippen LogP contribution < -0.4 is 0 Å². The molecule has 24 heavy (non-hydrogen) atoms. The summed E-state index contributed by atoms with van der Waals surface area (Å²) in [4.78, 5) is 21.1. The van der Waals surface area contributed by atoms with E-state index in [1.54, 1.807) is 6.92 Å². The number of hydrogen-bond acceptors (Lipinski definition) is 4. The van der Waals surface area contributed by atoms with E-state index in [1.807, 2.05) is 36.4 Å². The zero-order valence-corrected chi connectivity index (χ0v) is 14.7. The van der Waals surface area contributed by atoms with Gasteiger partial charge in [0, 0.05) is 21.4 Å². The number of rotatable bonds is 2. The Bertz CT molecular complexity index is 741. The van der Waals surface area contributed by atoms with E-state index in [-0.39, 0.29) is 11.1 Å². The molecule has 2 N–H and O–H groups in total. The standard InChI is InChI=1S/C9H8O4.C6H6.Cl2O2S/c1-5-2-3-6(8(10)11)4-7(5)9(12)13;1-2-4-6-5-3-1;1-5(2,3)4/h2-4H,1H3,(H,10,11)(H,12,13);1-6H;. The smallest absolute Gasteiger partial charge is 0.335 e. The Kier molecular flexibility index (Phi) is 9.71. The van der Waals surface area contributed by atoms with Crippen molar-refractivity contribution in [2.45, 2.75) is 6.92 Å². The first-order valence-electron chi connectivity index (χ1n) is 6.24. The van der Waals surface area contributed by atoms with Gasteiger partial charge < -0.3 is 10.2 Å². The molecular formula is C15H14Cl2O6S. The van der Waals surface area contributed by atoms with Crippen LogP contribution in [-0.2, 0) is 8.26 Å². The average molecular weight is 393 g/mol. The lowest BCUT2D eigenvalue weighted by Gasteiger charge is -2.01. The summed E-state index contributed by atoms with van der Waals surface area (Å²) < 4.78 is 18.3. The summed E-state index contributed by atoms with van der Waals surface area (Å²) in [5, 5.41) is 17.3. The lowest BCUT2D eigenvalue weighted by Crippen LogP contribution is -2.03. The van der Waals surface area contributed by atoms with Gasteiger partial charge in [0.1, 0.15) is 0 Å². The normalized spacial score (nSPS) is 9.62. The van der Waals surface area contributed by atoms with Gasteiger partial charge in [-0.1, -0.05) is 42.5 Å². The minimum Gasteiger partial charge on any atom is -0.478 e. The summed E-state index contributed by atoms with van der Waals surface area (Å²) >= 11 is 0. The Morgan fingerprint density at radius 2 is 1.25 bits per heavy atom. The van der Waals surface area contributed by atoms with Crippen LogP contribution in [0.2, 0.25) is 0 Å². The number of aromatic carboxylic acids is 2. The molecule has 0 unspecified atom stereocenters. The van der Waals surface area contributed by atoms with Crippen LogP contribution in [0.25, 0.3) is 0 Å². The predicted octanol–water partition coefficient (Wildman–Crippen LogP) is 3.79. The zero-order chi connectivity index (χ0) is 18.8. The maximum atomic E-state index is 10.6. The van der Waals surface area contributed by atoms with Crippen molar-refractivity contribution >= 4 is 41.6 Å². The highest BCUT2D eigenvalue weighted by Crippen LogP contribution is 2.11. The molecule has 2 aromatic carbocycles. The van der Waals surface area contributed by atoms with Gasteiger partial charge in [0.25, 0.3) is 0 Å². The molecule has 0 aliphatic rings. The second-order valence-corrected chi connectivity index (χ2v) is 7.84. The van der Waals surface area contributed by atoms with Crippen molar-refractivity contribution in [3.05, 3.63) is 71.3 Å². The van der Waals surface area contributed by atoms with Crippen LogP contribution in [0.15, 0.2) is 54.6 Å². The highest BCUT2D eigenvalue weighted by molar-refractivity contribution is 8.31. The van der Waals surface area contributed by atoms with E-state index in [9.17, 15) is 9.59 Å². The first-order valence-corrected chi connectivity index (χ1v) is 9.37. The molecule has 0 amide bonds. The second kappa shape index (κ2) is 10.6. The Morgan fingerprint density at radius 1 is 0.875 bits per heavy atom. The van der Waals surface area contributed by atoms with Crippen LogP contribution in [-0.4, -0.2) is 30.6 Å². The number of halogens is 2. The number of carbonyl (C=O) groups is 2. The molecule has 0 saturated heterocycles. The first-order chi connectivity index (χ1) is 11.0. The minimum absolute atomic E-state index is 0.0111. The van der Waals surface area contributed by atoms with Crippen LogP contribution in [0.4, 0.5) is 0 Å². The van der Waals surface area contributed by atoms with Gasteiger partial charge in [0.05, 0.1) is 11.1 Å². The Morgan fingerprint density at radius 3 is 1.54 bits per heavy atom. The van der Waals surface area contributed by atoms with Gasteiger partial charge in [0.2, 0.25) is 0 Å². The van der Waals surface area contributed by atoms with E-state index in [2.05, 4.69) is 21.4 Å². The summed E-state index contributed by atoms with van der Waals surface area (Å²) in [6.07, 6.45) is 0. The Labute approximate surface area is 148 Å². The van der Waals surface area contributed by atoms with Crippen LogP contribution >= 0.6 is 21.4 Å². The molecule has 0 aliphatic heterocycles. The van der Waals surface area contributed by atoms with E-state index >= 15 is 0 Å². The van der Waals surface area contributed by atoms with E-state index in [1.165, 1.54) is 12.1 Å². The topological polar surface area (TPSA) is 109 Å². The third-order valence-electron chi connectivity index (χ3n) is 2.38. The molecule has 9 heteroatoms. The molecule has 0 aliphatic carbocycles. The maximum Gasteiger partial charge on any atom is 0.335 e. The van der Waals surface area contributed by atoms with Gasteiger partial charge in [-0.05, 0) is 24.6 Å². The van der Waals surface area contributed by atoms with Crippen molar-refractivity contribution < 1.29 is 28.2 Å². The van der Waals surface area contributed by atoms with Gasteiger partial charge in [-0.3, -0.25) is 0 Å². The van der Waals surface area contributed by atoms with Crippen LogP contribution in [0.1, 0.15) is 26.3 Å². The fourth-order valence-electron chi connectivity index (χ4n) is 1.37. The van der Waals surface area contributed by atoms with Gasteiger partial charge in [-0.25, -0.2) is 9.59 Å².